The molecule has 0 saturated carbocycles. The third-order valence-electron chi connectivity index (χ3n) is 4.69. The van der Waals surface area contributed by atoms with E-state index in [0.717, 1.165) is 26.2 Å². The Morgan fingerprint density at radius 1 is 0.870 bits per heavy atom. The maximum atomic E-state index is 9.87. The molecule has 0 amide bonds. The van der Waals surface area contributed by atoms with E-state index in [1.165, 1.54) is 11.1 Å². The summed E-state index contributed by atoms with van der Waals surface area (Å²) in [5, 5.41) is 9.87. The van der Waals surface area contributed by atoms with Gasteiger partial charge in [-0.3, -0.25) is 9.80 Å². The Bertz CT molecular complexity index is 587. The Balaban J connectivity index is 1.66. The summed E-state index contributed by atoms with van der Waals surface area (Å²) in [6.45, 7) is 6.30. The molecular formula is C20H26N2O. The van der Waals surface area contributed by atoms with Crippen LogP contribution in [0.5, 0.6) is 0 Å². The van der Waals surface area contributed by atoms with Crippen LogP contribution < -0.4 is 0 Å². The molecule has 2 aromatic rings. The molecule has 3 heteroatoms. The number of piperazine rings is 1. The molecule has 1 heterocycles. The topological polar surface area (TPSA) is 26.7 Å². The van der Waals surface area contributed by atoms with E-state index in [1.807, 2.05) is 6.07 Å². The zero-order valence-electron chi connectivity index (χ0n) is 13.8. The Morgan fingerprint density at radius 2 is 1.43 bits per heavy atom. The first-order valence-corrected chi connectivity index (χ1v) is 8.43. The van der Waals surface area contributed by atoms with Crippen LogP contribution in [-0.2, 0) is 13.1 Å². The van der Waals surface area contributed by atoms with Crippen LogP contribution in [0.15, 0.2) is 60.7 Å². The normalized spacial score (nSPS) is 23.0. The number of nitrogens with zero attached hydrogens (tertiary/aromatic N) is 2. The first kappa shape index (κ1) is 16.2. The van der Waals surface area contributed by atoms with Crippen molar-refractivity contribution in [3.05, 3.63) is 71.8 Å². The van der Waals surface area contributed by atoms with Gasteiger partial charge in [-0.05, 0) is 18.1 Å². The summed E-state index contributed by atoms with van der Waals surface area (Å²) in [7, 11) is 0. The van der Waals surface area contributed by atoms with Crippen LogP contribution in [-0.4, -0.2) is 46.7 Å². The van der Waals surface area contributed by atoms with Gasteiger partial charge in [-0.15, -0.1) is 0 Å². The van der Waals surface area contributed by atoms with E-state index in [1.54, 1.807) is 0 Å². The largest absolute Gasteiger partial charge is 0.395 e. The molecule has 1 aliphatic heterocycles. The quantitative estimate of drug-likeness (QED) is 0.920. The fourth-order valence-electron chi connectivity index (χ4n) is 3.53. The highest BCUT2D eigenvalue weighted by atomic mass is 16.3. The summed E-state index contributed by atoms with van der Waals surface area (Å²) in [5.41, 5.74) is 2.65. The van der Waals surface area contributed by atoms with Gasteiger partial charge in [-0.25, -0.2) is 0 Å². The molecule has 2 atom stereocenters. The van der Waals surface area contributed by atoms with Crippen LogP contribution in [0.3, 0.4) is 0 Å². The van der Waals surface area contributed by atoms with Crippen LogP contribution in [0.1, 0.15) is 18.1 Å². The lowest BCUT2D eigenvalue weighted by atomic mass is 10.0. The molecule has 23 heavy (non-hydrogen) atoms. The molecule has 2 aromatic carbocycles. The smallest absolute Gasteiger partial charge is 0.0599 e. The summed E-state index contributed by atoms with van der Waals surface area (Å²) >= 11 is 0. The molecule has 122 valence electrons. The van der Waals surface area contributed by atoms with E-state index >= 15 is 0 Å². The Morgan fingerprint density at radius 3 is 2.00 bits per heavy atom. The van der Waals surface area contributed by atoms with Gasteiger partial charge < -0.3 is 5.11 Å². The van der Waals surface area contributed by atoms with Gasteiger partial charge in [0, 0.05) is 38.3 Å². The van der Waals surface area contributed by atoms with Gasteiger partial charge in [0.1, 0.15) is 0 Å². The van der Waals surface area contributed by atoms with Gasteiger partial charge in [0.15, 0.2) is 0 Å². The minimum absolute atomic E-state index is 0.197. The van der Waals surface area contributed by atoms with E-state index in [0.29, 0.717) is 6.04 Å². The molecule has 0 aromatic heterocycles. The van der Waals surface area contributed by atoms with Crippen LogP contribution in [0.4, 0.5) is 0 Å². The van der Waals surface area contributed by atoms with Crippen LogP contribution in [0.25, 0.3) is 0 Å². The molecule has 0 unspecified atom stereocenters. The predicted molar refractivity (Wildman–Crippen MR) is 94.0 cm³/mol. The maximum absolute atomic E-state index is 9.87. The molecule has 0 spiro atoms. The summed E-state index contributed by atoms with van der Waals surface area (Å²) in [4.78, 5) is 4.90. The van der Waals surface area contributed by atoms with E-state index < -0.39 is 0 Å². The van der Waals surface area contributed by atoms with Gasteiger partial charge >= 0.3 is 0 Å². The lowest BCUT2D eigenvalue weighted by Crippen LogP contribution is -2.58. The third-order valence-corrected chi connectivity index (χ3v) is 4.69. The second-order valence-electron chi connectivity index (χ2n) is 6.52. The minimum Gasteiger partial charge on any atom is -0.395 e. The van der Waals surface area contributed by atoms with Crippen molar-refractivity contribution < 1.29 is 5.11 Å². The summed E-state index contributed by atoms with van der Waals surface area (Å²) in [6, 6.07) is 21.8. The van der Waals surface area contributed by atoms with Gasteiger partial charge in [0.05, 0.1) is 6.61 Å². The van der Waals surface area contributed by atoms with Crippen molar-refractivity contribution in [2.24, 2.45) is 0 Å². The zero-order chi connectivity index (χ0) is 16.1. The number of rotatable bonds is 5. The number of benzene rings is 2. The van der Waals surface area contributed by atoms with Crippen molar-refractivity contribution in [3.8, 4) is 0 Å². The molecule has 0 aliphatic carbocycles. The SMILES string of the molecule is C[C@@H]1CN(Cc2ccccc2)C[C@H](CO)N1Cc1ccccc1. The van der Waals surface area contributed by atoms with E-state index in [2.05, 4.69) is 71.3 Å². The van der Waals surface area contributed by atoms with Crippen LogP contribution in [0.2, 0.25) is 0 Å². The zero-order valence-corrected chi connectivity index (χ0v) is 13.8. The van der Waals surface area contributed by atoms with Gasteiger partial charge in [-0.2, -0.15) is 0 Å². The van der Waals surface area contributed by atoms with E-state index in [9.17, 15) is 5.11 Å². The minimum atomic E-state index is 0.197. The molecule has 0 radical (unpaired) electrons. The second kappa shape index (κ2) is 7.73. The molecule has 0 bridgehead atoms. The molecule has 1 fully saturated rings. The first-order valence-electron chi connectivity index (χ1n) is 8.43. The monoisotopic (exact) mass is 310 g/mol. The van der Waals surface area contributed by atoms with Crippen molar-refractivity contribution in [2.75, 3.05) is 19.7 Å². The van der Waals surface area contributed by atoms with Gasteiger partial charge in [0.2, 0.25) is 0 Å². The number of aliphatic hydroxyl groups is 1. The third kappa shape index (κ3) is 4.20. The van der Waals surface area contributed by atoms with Crippen molar-refractivity contribution in [1.29, 1.82) is 0 Å². The van der Waals surface area contributed by atoms with Crippen molar-refractivity contribution in [3.63, 3.8) is 0 Å². The highest BCUT2D eigenvalue weighted by Crippen LogP contribution is 2.20. The fourth-order valence-corrected chi connectivity index (χ4v) is 3.53. The Kier molecular flexibility index (Phi) is 5.44. The molecule has 1 aliphatic rings. The maximum Gasteiger partial charge on any atom is 0.0599 e. The fraction of sp³-hybridized carbons (Fsp3) is 0.400. The first-order chi connectivity index (χ1) is 11.3. The predicted octanol–water partition coefficient (Wildman–Crippen LogP) is 2.75. The molecule has 1 N–H and O–H groups in total. The van der Waals surface area contributed by atoms with E-state index in [4.69, 9.17) is 0 Å². The Labute approximate surface area is 139 Å². The average Bonchev–Trinajstić information content (AvgIpc) is 2.59. The molecular weight excluding hydrogens is 284 g/mol. The second-order valence-corrected chi connectivity index (χ2v) is 6.52. The van der Waals surface area contributed by atoms with Gasteiger partial charge in [0.25, 0.3) is 0 Å². The average molecular weight is 310 g/mol. The van der Waals surface area contributed by atoms with E-state index in [-0.39, 0.29) is 12.6 Å². The highest BCUT2D eigenvalue weighted by Gasteiger charge is 2.31. The van der Waals surface area contributed by atoms with Gasteiger partial charge in [-0.1, -0.05) is 60.7 Å². The number of hydrogen-bond acceptors (Lipinski definition) is 3. The lowest BCUT2D eigenvalue weighted by Gasteiger charge is -2.45. The number of aliphatic hydroxyl groups excluding tert-OH is 1. The van der Waals surface area contributed by atoms with Crippen molar-refractivity contribution in [2.45, 2.75) is 32.1 Å². The standard InChI is InChI=1S/C20H26N2O/c1-17-12-21(13-18-8-4-2-5-9-18)15-20(16-23)22(17)14-19-10-6-3-7-11-19/h2-11,17,20,23H,12-16H2,1H3/t17-,20-/m1/s1. The molecule has 3 rings (SSSR count). The lowest BCUT2D eigenvalue weighted by molar-refractivity contribution is -0.00429. The number of hydrogen-bond donors (Lipinski definition) is 1. The van der Waals surface area contributed by atoms with Crippen LogP contribution >= 0.6 is 0 Å². The van der Waals surface area contributed by atoms with Crippen molar-refractivity contribution >= 4 is 0 Å². The molecule has 3 nitrogen and oxygen atoms in total. The Hall–Kier alpha value is -1.68. The van der Waals surface area contributed by atoms with Crippen molar-refractivity contribution in [1.82, 2.24) is 9.80 Å². The summed E-state index contributed by atoms with van der Waals surface area (Å²) in [6.07, 6.45) is 0. The highest BCUT2D eigenvalue weighted by molar-refractivity contribution is 5.16. The summed E-state index contributed by atoms with van der Waals surface area (Å²) < 4.78 is 0. The summed E-state index contributed by atoms with van der Waals surface area (Å²) in [5.74, 6) is 0. The molecule has 1 saturated heterocycles. The van der Waals surface area contributed by atoms with Crippen LogP contribution in [0, 0.1) is 0 Å².